The molecule has 1 aliphatic rings. The fourth-order valence-corrected chi connectivity index (χ4v) is 3.28. The molecule has 20 heavy (non-hydrogen) atoms. The molecule has 1 fully saturated rings. The molecule has 106 valence electrons. The lowest BCUT2D eigenvalue weighted by Gasteiger charge is -2.14. The maximum atomic E-state index is 11.7. The molecule has 0 saturated carbocycles. The molecule has 6 nitrogen and oxygen atoms in total. The number of thiazole rings is 1. The highest BCUT2D eigenvalue weighted by Gasteiger charge is 2.23. The third-order valence-electron chi connectivity index (χ3n) is 2.57. The standard InChI is InChI=1S/C12H14N4O2S2/c1-4-16(7(2)17)12-14-8(6-19-12)5-9-10(18)15-11(13-3)20-9/h5-6H,4H2,1-3H3,(H,13,15,18)/b9-5+. The van der Waals surface area contributed by atoms with E-state index in [1.54, 1.807) is 18.0 Å². The number of amidine groups is 1. The Hall–Kier alpha value is -1.67. The van der Waals surface area contributed by atoms with Gasteiger partial charge in [0.1, 0.15) is 0 Å². The van der Waals surface area contributed by atoms with Crippen LogP contribution in [-0.2, 0) is 9.59 Å². The number of hydrogen-bond acceptors (Lipinski definition) is 6. The van der Waals surface area contributed by atoms with E-state index in [0.717, 1.165) is 0 Å². The van der Waals surface area contributed by atoms with Crippen molar-refractivity contribution in [3.05, 3.63) is 16.0 Å². The van der Waals surface area contributed by atoms with Gasteiger partial charge in [-0.2, -0.15) is 0 Å². The van der Waals surface area contributed by atoms with Crippen LogP contribution in [0.5, 0.6) is 0 Å². The Labute approximate surface area is 125 Å². The average molecular weight is 310 g/mol. The van der Waals surface area contributed by atoms with Crippen molar-refractivity contribution in [2.45, 2.75) is 13.8 Å². The van der Waals surface area contributed by atoms with Crippen LogP contribution >= 0.6 is 23.1 Å². The van der Waals surface area contributed by atoms with Crippen molar-refractivity contribution < 1.29 is 9.59 Å². The molecule has 1 aromatic rings. The van der Waals surface area contributed by atoms with Crippen LogP contribution in [0.2, 0.25) is 0 Å². The summed E-state index contributed by atoms with van der Waals surface area (Å²) < 4.78 is 0. The van der Waals surface area contributed by atoms with Crippen LogP contribution in [0.4, 0.5) is 5.13 Å². The van der Waals surface area contributed by atoms with Crippen LogP contribution in [0.25, 0.3) is 6.08 Å². The molecule has 0 aromatic carbocycles. The average Bonchev–Trinajstić information content (AvgIpc) is 2.98. The fraction of sp³-hybridized carbons (Fsp3) is 0.333. The number of hydrogen-bond donors (Lipinski definition) is 1. The van der Waals surface area contributed by atoms with Crippen LogP contribution in [0.1, 0.15) is 19.5 Å². The van der Waals surface area contributed by atoms with E-state index in [4.69, 9.17) is 0 Å². The van der Waals surface area contributed by atoms with Gasteiger partial charge in [-0.15, -0.1) is 11.3 Å². The molecule has 1 saturated heterocycles. The third-order valence-corrected chi connectivity index (χ3v) is 4.45. The van der Waals surface area contributed by atoms with Crippen molar-refractivity contribution in [2.75, 3.05) is 18.5 Å². The van der Waals surface area contributed by atoms with Gasteiger partial charge in [0.05, 0.1) is 10.6 Å². The lowest BCUT2D eigenvalue weighted by atomic mass is 10.4. The second kappa shape index (κ2) is 6.19. The van der Waals surface area contributed by atoms with Crippen LogP contribution in [-0.4, -0.2) is 35.6 Å². The van der Waals surface area contributed by atoms with Crippen molar-refractivity contribution in [3.63, 3.8) is 0 Å². The highest BCUT2D eigenvalue weighted by molar-refractivity contribution is 8.18. The topological polar surface area (TPSA) is 74.7 Å². The number of carbonyl (C=O) groups excluding carboxylic acids is 2. The van der Waals surface area contributed by atoms with Crippen LogP contribution in [0.3, 0.4) is 0 Å². The van der Waals surface area contributed by atoms with Gasteiger partial charge >= 0.3 is 0 Å². The highest BCUT2D eigenvalue weighted by Crippen LogP contribution is 2.28. The molecule has 0 aliphatic carbocycles. The van der Waals surface area contributed by atoms with E-state index in [1.807, 2.05) is 12.3 Å². The number of aliphatic imine (C=N–C) groups is 1. The summed E-state index contributed by atoms with van der Waals surface area (Å²) in [5, 5.41) is 5.69. The molecule has 2 amide bonds. The molecular weight excluding hydrogens is 296 g/mol. The minimum Gasteiger partial charge on any atom is -0.301 e. The summed E-state index contributed by atoms with van der Waals surface area (Å²) in [7, 11) is 1.62. The Morgan fingerprint density at radius 2 is 2.35 bits per heavy atom. The maximum absolute atomic E-state index is 11.7. The first kappa shape index (κ1) is 14.7. The van der Waals surface area contributed by atoms with Gasteiger partial charge in [0.25, 0.3) is 5.91 Å². The number of carbonyl (C=O) groups is 2. The zero-order chi connectivity index (χ0) is 14.7. The van der Waals surface area contributed by atoms with Gasteiger partial charge in [0.15, 0.2) is 10.3 Å². The van der Waals surface area contributed by atoms with E-state index in [9.17, 15) is 9.59 Å². The largest absolute Gasteiger partial charge is 0.301 e. The molecule has 0 unspecified atom stereocenters. The predicted molar refractivity (Wildman–Crippen MR) is 82.9 cm³/mol. The minimum absolute atomic E-state index is 0.0468. The summed E-state index contributed by atoms with van der Waals surface area (Å²) in [6, 6.07) is 0. The molecule has 1 N–H and O–H groups in total. The van der Waals surface area contributed by atoms with Crippen molar-refractivity contribution in [1.29, 1.82) is 0 Å². The van der Waals surface area contributed by atoms with Crippen molar-refractivity contribution in [1.82, 2.24) is 10.3 Å². The van der Waals surface area contributed by atoms with Gasteiger partial charge in [0.2, 0.25) is 5.91 Å². The van der Waals surface area contributed by atoms with Gasteiger partial charge in [-0.25, -0.2) is 4.98 Å². The normalized spacial score (nSPS) is 18.6. The van der Waals surface area contributed by atoms with Crippen molar-refractivity contribution in [3.8, 4) is 0 Å². The first-order chi connectivity index (χ1) is 9.55. The van der Waals surface area contributed by atoms with Crippen LogP contribution < -0.4 is 10.2 Å². The van der Waals surface area contributed by atoms with E-state index < -0.39 is 0 Å². The van der Waals surface area contributed by atoms with E-state index in [-0.39, 0.29) is 11.8 Å². The van der Waals surface area contributed by atoms with Crippen molar-refractivity contribution >= 4 is 51.3 Å². The first-order valence-corrected chi connectivity index (χ1v) is 7.66. The molecule has 2 heterocycles. The van der Waals surface area contributed by atoms with E-state index in [0.29, 0.717) is 27.4 Å². The number of nitrogens with one attached hydrogen (secondary N) is 1. The van der Waals surface area contributed by atoms with Crippen molar-refractivity contribution in [2.24, 2.45) is 4.99 Å². The zero-order valence-corrected chi connectivity index (χ0v) is 13.0. The SMILES string of the molecule is CCN(C(C)=O)c1nc(/C=C2/SC(=NC)NC2=O)cs1. The van der Waals surface area contributed by atoms with Gasteiger partial charge in [-0.3, -0.25) is 19.5 Å². The minimum atomic E-state index is -0.177. The Bertz CT molecular complexity index is 606. The lowest BCUT2D eigenvalue weighted by molar-refractivity contribution is -0.116. The molecule has 0 bridgehead atoms. The second-order valence-electron chi connectivity index (χ2n) is 3.91. The quantitative estimate of drug-likeness (QED) is 0.862. The zero-order valence-electron chi connectivity index (χ0n) is 11.3. The van der Waals surface area contributed by atoms with E-state index in [2.05, 4.69) is 15.3 Å². The summed E-state index contributed by atoms with van der Waals surface area (Å²) in [5.74, 6) is -0.224. The van der Waals surface area contributed by atoms with E-state index >= 15 is 0 Å². The molecule has 0 atom stereocenters. The third kappa shape index (κ3) is 3.07. The Morgan fingerprint density at radius 3 is 2.90 bits per heavy atom. The second-order valence-corrected chi connectivity index (χ2v) is 5.78. The van der Waals surface area contributed by atoms with Gasteiger partial charge in [-0.05, 0) is 24.8 Å². The Morgan fingerprint density at radius 1 is 1.60 bits per heavy atom. The Kier molecular flexibility index (Phi) is 4.56. The number of rotatable bonds is 3. The number of amides is 2. The molecule has 1 aromatic heterocycles. The van der Waals surface area contributed by atoms with Gasteiger partial charge in [-0.1, -0.05) is 0 Å². The maximum Gasteiger partial charge on any atom is 0.264 e. The summed E-state index contributed by atoms with van der Waals surface area (Å²) >= 11 is 2.66. The van der Waals surface area contributed by atoms with E-state index in [1.165, 1.54) is 30.0 Å². The number of anilines is 1. The summed E-state index contributed by atoms with van der Waals surface area (Å²) in [4.78, 5) is 33.6. The number of aromatic nitrogens is 1. The molecule has 0 radical (unpaired) electrons. The monoisotopic (exact) mass is 310 g/mol. The fourth-order valence-electron chi connectivity index (χ4n) is 1.62. The summed E-state index contributed by atoms with van der Waals surface area (Å²) in [6.07, 6.45) is 1.70. The predicted octanol–water partition coefficient (Wildman–Crippen LogP) is 1.71. The van der Waals surface area contributed by atoms with Crippen LogP contribution in [0.15, 0.2) is 15.3 Å². The molecule has 8 heteroatoms. The number of thioether (sulfide) groups is 1. The molecular formula is C12H14N4O2S2. The Balaban J connectivity index is 2.22. The first-order valence-electron chi connectivity index (χ1n) is 5.96. The summed E-state index contributed by atoms with van der Waals surface area (Å²) in [6.45, 7) is 3.97. The summed E-state index contributed by atoms with van der Waals surface area (Å²) in [5.41, 5.74) is 0.666. The number of nitrogens with zero attached hydrogens (tertiary/aromatic N) is 3. The molecule has 0 spiro atoms. The van der Waals surface area contributed by atoms with Gasteiger partial charge < -0.3 is 5.32 Å². The van der Waals surface area contributed by atoms with Crippen LogP contribution in [0, 0.1) is 0 Å². The van der Waals surface area contributed by atoms with Gasteiger partial charge in [0, 0.05) is 25.9 Å². The highest BCUT2D eigenvalue weighted by atomic mass is 32.2. The molecule has 2 rings (SSSR count). The smallest absolute Gasteiger partial charge is 0.264 e. The lowest BCUT2D eigenvalue weighted by Crippen LogP contribution is -2.27. The molecule has 1 aliphatic heterocycles.